The van der Waals surface area contributed by atoms with Gasteiger partial charge < -0.3 is 10.2 Å². The van der Waals surface area contributed by atoms with E-state index >= 15 is 0 Å². The number of nitrogens with one attached hydrogen (secondary N) is 1. The van der Waals surface area contributed by atoms with Gasteiger partial charge in [0.15, 0.2) is 5.65 Å². The maximum Gasteiger partial charge on any atom is 0.252 e. The lowest BCUT2D eigenvalue weighted by Gasteiger charge is -2.15. The Labute approximate surface area is 157 Å². The van der Waals surface area contributed by atoms with Crippen LogP contribution in [-0.4, -0.2) is 50.9 Å². The smallest absolute Gasteiger partial charge is 0.252 e. The maximum atomic E-state index is 12.4. The van der Waals surface area contributed by atoms with Crippen molar-refractivity contribution < 1.29 is 9.59 Å². The fraction of sp³-hybridized carbons (Fsp3) is 0.300. The summed E-state index contributed by atoms with van der Waals surface area (Å²) in [4.78, 5) is 34.6. The van der Waals surface area contributed by atoms with Crippen molar-refractivity contribution in [1.29, 1.82) is 0 Å². The fourth-order valence-corrected chi connectivity index (χ4v) is 3.32. The van der Waals surface area contributed by atoms with Crippen LogP contribution in [0.5, 0.6) is 0 Å². The molecular weight excluding hydrogens is 342 g/mol. The first kappa shape index (κ1) is 17.2. The van der Waals surface area contributed by atoms with Gasteiger partial charge >= 0.3 is 0 Å². The van der Waals surface area contributed by atoms with Crippen molar-refractivity contribution in [3.8, 4) is 5.69 Å². The summed E-state index contributed by atoms with van der Waals surface area (Å²) in [6.07, 6.45) is 5.61. The molecule has 1 saturated heterocycles. The van der Waals surface area contributed by atoms with E-state index in [-0.39, 0.29) is 11.8 Å². The molecule has 1 aliphatic heterocycles. The average molecular weight is 363 g/mol. The highest BCUT2D eigenvalue weighted by atomic mass is 16.2. The molecule has 0 saturated carbocycles. The average Bonchev–Trinajstić information content (AvgIpc) is 3.31. The van der Waals surface area contributed by atoms with Crippen molar-refractivity contribution in [3.63, 3.8) is 0 Å². The summed E-state index contributed by atoms with van der Waals surface area (Å²) in [5.41, 5.74) is 2.85. The zero-order valence-corrected chi connectivity index (χ0v) is 15.0. The number of carbonyl (C=O) groups is 2. The number of hydrogen-bond acceptors (Lipinski definition) is 4. The van der Waals surface area contributed by atoms with E-state index in [0.717, 1.165) is 25.1 Å². The molecule has 7 heteroatoms. The van der Waals surface area contributed by atoms with Crippen molar-refractivity contribution in [2.75, 3.05) is 19.6 Å². The normalized spacial score (nSPS) is 14.1. The second-order valence-corrected chi connectivity index (χ2v) is 6.61. The zero-order valence-electron chi connectivity index (χ0n) is 15.0. The van der Waals surface area contributed by atoms with Gasteiger partial charge in [-0.25, -0.2) is 9.97 Å². The number of carbonyl (C=O) groups excluding carboxylic acids is 2. The van der Waals surface area contributed by atoms with E-state index in [4.69, 9.17) is 0 Å². The third kappa shape index (κ3) is 3.67. The Balaban J connectivity index is 1.38. The van der Waals surface area contributed by atoms with Crippen LogP contribution in [0, 0.1) is 0 Å². The van der Waals surface area contributed by atoms with E-state index in [9.17, 15) is 9.59 Å². The van der Waals surface area contributed by atoms with Crippen LogP contribution in [0.15, 0.2) is 48.9 Å². The van der Waals surface area contributed by atoms with E-state index in [0.29, 0.717) is 36.2 Å². The van der Waals surface area contributed by atoms with Gasteiger partial charge in [-0.3, -0.25) is 14.2 Å². The van der Waals surface area contributed by atoms with Gasteiger partial charge in [-0.15, -0.1) is 0 Å². The van der Waals surface area contributed by atoms with E-state index in [2.05, 4.69) is 15.3 Å². The fourth-order valence-electron chi connectivity index (χ4n) is 3.32. The van der Waals surface area contributed by atoms with E-state index in [1.807, 2.05) is 39.8 Å². The van der Waals surface area contributed by atoms with Crippen LogP contribution in [0.2, 0.25) is 0 Å². The second-order valence-electron chi connectivity index (χ2n) is 6.61. The lowest BCUT2D eigenvalue weighted by atomic mass is 10.2. The van der Waals surface area contributed by atoms with Crippen molar-refractivity contribution in [3.05, 3.63) is 54.5 Å². The van der Waals surface area contributed by atoms with Crippen LogP contribution in [0.1, 0.15) is 29.6 Å². The molecule has 0 unspecified atom stereocenters. The standard InChI is InChI=1S/C20H21N5O2/c26-18-8-4-10-24(18)11-5-9-21-20(27)15-12-17-19(22-13-15)25(14-23-17)16-6-2-1-3-7-16/h1-3,6-7,12-14H,4-5,8-11H2,(H,21,27). The van der Waals surface area contributed by atoms with Crippen LogP contribution in [0.4, 0.5) is 0 Å². The Morgan fingerprint density at radius 3 is 2.81 bits per heavy atom. The van der Waals surface area contributed by atoms with Gasteiger partial charge in [0.25, 0.3) is 5.91 Å². The maximum absolute atomic E-state index is 12.4. The number of hydrogen-bond donors (Lipinski definition) is 1. The largest absolute Gasteiger partial charge is 0.352 e. The zero-order chi connectivity index (χ0) is 18.6. The SMILES string of the molecule is O=C(NCCCN1CCCC1=O)c1cnc2c(c1)ncn2-c1ccccc1. The van der Waals surface area contributed by atoms with Crippen molar-refractivity contribution in [2.24, 2.45) is 0 Å². The molecule has 4 rings (SSSR count). The summed E-state index contributed by atoms with van der Waals surface area (Å²) in [6, 6.07) is 11.6. The number of likely N-dealkylation sites (tertiary alicyclic amines) is 1. The highest BCUT2D eigenvalue weighted by Crippen LogP contribution is 2.17. The van der Waals surface area contributed by atoms with Crippen LogP contribution in [-0.2, 0) is 4.79 Å². The van der Waals surface area contributed by atoms with E-state index in [1.165, 1.54) is 0 Å². The van der Waals surface area contributed by atoms with Gasteiger partial charge in [0.2, 0.25) is 5.91 Å². The van der Waals surface area contributed by atoms with E-state index < -0.39 is 0 Å². The van der Waals surface area contributed by atoms with Crippen LogP contribution < -0.4 is 5.32 Å². The molecule has 2 aromatic heterocycles. The van der Waals surface area contributed by atoms with Gasteiger partial charge in [-0.05, 0) is 31.0 Å². The summed E-state index contributed by atoms with van der Waals surface area (Å²) in [5, 5.41) is 2.89. The lowest BCUT2D eigenvalue weighted by Crippen LogP contribution is -2.30. The molecule has 1 aromatic carbocycles. The number of fused-ring (bicyclic) bond motifs is 1. The number of imidazole rings is 1. The molecule has 3 aromatic rings. The molecule has 138 valence electrons. The lowest BCUT2D eigenvalue weighted by molar-refractivity contribution is -0.127. The Morgan fingerprint density at radius 2 is 2.04 bits per heavy atom. The molecule has 3 heterocycles. The van der Waals surface area contributed by atoms with Crippen LogP contribution in [0.3, 0.4) is 0 Å². The summed E-state index contributed by atoms with van der Waals surface area (Å²) < 4.78 is 1.89. The third-order valence-electron chi connectivity index (χ3n) is 4.75. The molecule has 2 amide bonds. The van der Waals surface area contributed by atoms with Gasteiger partial charge in [0, 0.05) is 37.9 Å². The van der Waals surface area contributed by atoms with E-state index in [1.54, 1.807) is 18.6 Å². The predicted octanol–water partition coefficient (Wildman–Crippen LogP) is 2.16. The second kappa shape index (κ2) is 7.57. The highest BCUT2D eigenvalue weighted by Gasteiger charge is 2.19. The Hall–Kier alpha value is -3.22. The number of para-hydroxylation sites is 1. The molecule has 0 radical (unpaired) electrons. The molecule has 7 nitrogen and oxygen atoms in total. The van der Waals surface area contributed by atoms with Gasteiger partial charge in [-0.2, -0.15) is 0 Å². The molecule has 0 atom stereocenters. The first-order valence-electron chi connectivity index (χ1n) is 9.17. The summed E-state index contributed by atoms with van der Waals surface area (Å²) in [5.74, 6) is 0.0383. The van der Waals surface area contributed by atoms with Crippen molar-refractivity contribution >= 4 is 23.0 Å². The summed E-state index contributed by atoms with van der Waals surface area (Å²) in [6.45, 7) is 2.05. The minimum Gasteiger partial charge on any atom is -0.352 e. The number of aromatic nitrogens is 3. The molecule has 27 heavy (non-hydrogen) atoms. The predicted molar refractivity (Wildman–Crippen MR) is 102 cm³/mol. The Kier molecular flexibility index (Phi) is 4.82. The number of nitrogens with zero attached hydrogens (tertiary/aromatic N) is 4. The Morgan fingerprint density at radius 1 is 1.19 bits per heavy atom. The number of amides is 2. The van der Waals surface area contributed by atoms with Gasteiger partial charge in [0.1, 0.15) is 11.8 Å². The molecule has 1 fully saturated rings. The Bertz CT molecular complexity index is 967. The first-order chi connectivity index (χ1) is 13.2. The quantitative estimate of drug-likeness (QED) is 0.681. The minimum absolute atomic E-state index is 0.175. The third-order valence-corrected chi connectivity index (χ3v) is 4.75. The molecule has 1 aliphatic rings. The van der Waals surface area contributed by atoms with Crippen molar-refractivity contribution in [1.82, 2.24) is 24.8 Å². The number of benzene rings is 1. The molecule has 0 aliphatic carbocycles. The topological polar surface area (TPSA) is 80.1 Å². The minimum atomic E-state index is -0.175. The monoisotopic (exact) mass is 363 g/mol. The summed E-state index contributed by atoms with van der Waals surface area (Å²) in [7, 11) is 0. The van der Waals surface area contributed by atoms with Crippen LogP contribution >= 0.6 is 0 Å². The van der Waals surface area contributed by atoms with Gasteiger partial charge in [-0.1, -0.05) is 18.2 Å². The number of rotatable bonds is 6. The number of pyridine rings is 1. The molecular formula is C20H21N5O2. The van der Waals surface area contributed by atoms with Gasteiger partial charge in [0.05, 0.1) is 5.56 Å². The van der Waals surface area contributed by atoms with Crippen molar-refractivity contribution in [2.45, 2.75) is 19.3 Å². The summed E-state index contributed by atoms with van der Waals surface area (Å²) >= 11 is 0. The molecule has 0 bridgehead atoms. The van der Waals surface area contributed by atoms with Crippen LogP contribution in [0.25, 0.3) is 16.9 Å². The highest BCUT2D eigenvalue weighted by molar-refractivity contribution is 5.96. The first-order valence-corrected chi connectivity index (χ1v) is 9.17. The molecule has 1 N–H and O–H groups in total. The molecule has 0 spiro atoms.